The summed E-state index contributed by atoms with van der Waals surface area (Å²) in [5, 5.41) is 0. The molecule has 54 valence electrons. The number of hydrogen-bond donors (Lipinski definition) is 1. The highest BCUT2D eigenvalue weighted by Gasteiger charge is 1.98. The molecule has 1 nitrogen and oxygen atoms in total. The Balaban J connectivity index is 3.08. The van der Waals surface area contributed by atoms with Gasteiger partial charge in [-0.25, -0.2) is 0 Å². The molecule has 10 heavy (non-hydrogen) atoms. The average Bonchev–Trinajstić information content (AvgIpc) is 2.30. The molecular formula is C9H13N. The maximum Gasteiger partial charge on any atom is 0.0408 e. The molecule has 0 saturated carbocycles. The van der Waals surface area contributed by atoms with Crippen molar-refractivity contribution in [3.8, 4) is 0 Å². The molecule has 0 aliphatic rings. The summed E-state index contributed by atoms with van der Waals surface area (Å²) in [6.45, 7) is 7.93. The van der Waals surface area contributed by atoms with Crippen molar-refractivity contribution in [2.24, 2.45) is 0 Å². The van der Waals surface area contributed by atoms with Gasteiger partial charge in [-0.1, -0.05) is 13.5 Å². The molecule has 1 N–H and O–H groups in total. The van der Waals surface area contributed by atoms with Gasteiger partial charge in [-0.3, -0.25) is 0 Å². The largest absolute Gasteiger partial charge is 0.359 e. The van der Waals surface area contributed by atoms with Crippen LogP contribution in [-0.2, 0) is 6.42 Å². The molecule has 0 atom stereocenters. The summed E-state index contributed by atoms with van der Waals surface area (Å²) in [5.74, 6) is 0. The zero-order chi connectivity index (χ0) is 7.56. The van der Waals surface area contributed by atoms with E-state index in [0.29, 0.717) is 0 Å². The summed E-state index contributed by atoms with van der Waals surface area (Å²) in [7, 11) is 0. The minimum atomic E-state index is 1.08. The van der Waals surface area contributed by atoms with E-state index < -0.39 is 0 Å². The highest BCUT2D eigenvalue weighted by Crippen LogP contribution is 2.11. The van der Waals surface area contributed by atoms with Crippen molar-refractivity contribution in [1.82, 2.24) is 4.98 Å². The van der Waals surface area contributed by atoms with Gasteiger partial charge in [0.15, 0.2) is 0 Å². The van der Waals surface area contributed by atoms with Gasteiger partial charge in [-0.05, 0) is 31.1 Å². The van der Waals surface area contributed by atoms with Crippen molar-refractivity contribution >= 4 is 6.08 Å². The molecule has 1 heterocycles. The van der Waals surface area contributed by atoms with Crippen molar-refractivity contribution in [3.05, 3.63) is 29.6 Å². The fourth-order valence-corrected chi connectivity index (χ4v) is 1.14. The first-order valence-electron chi connectivity index (χ1n) is 3.58. The van der Waals surface area contributed by atoms with E-state index in [4.69, 9.17) is 0 Å². The molecule has 0 radical (unpaired) electrons. The van der Waals surface area contributed by atoms with E-state index in [2.05, 4.69) is 31.5 Å². The Kier molecular flexibility index (Phi) is 1.95. The van der Waals surface area contributed by atoms with E-state index >= 15 is 0 Å². The normalized spacial score (nSPS) is 9.80. The van der Waals surface area contributed by atoms with Gasteiger partial charge >= 0.3 is 0 Å². The van der Waals surface area contributed by atoms with E-state index in [0.717, 1.165) is 6.42 Å². The second kappa shape index (κ2) is 2.74. The number of nitrogens with one attached hydrogen (secondary N) is 1. The van der Waals surface area contributed by atoms with Gasteiger partial charge in [0.1, 0.15) is 0 Å². The van der Waals surface area contributed by atoms with Gasteiger partial charge in [-0.15, -0.1) is 0 Å². The zero-order valence-corrected chi connectivity index (χ0v) is 6.57. The molecule has 0 aliphatic carbocycles. The van der Waals surface area contributed by atoms with E-state index in [1.54, 1.807) is 0 Å². The maximum absolute atomic E-state index is 3.72. The lowest BCUT2D eigenvalue weighted by Crippen LogP contribution is -1.78. The monoisotopic (exact) mass is 135 g/mol. The van der Waals surface area contributed by atoms with Gasteiger partial charge in [0.25, 0.3) is 0 Å². The predicted molar refractivity (Wildman–Crippen MR) is 45.0 cm³/mol. The van der Waals surface area contributed by atoms with Crippen LogP contribution in [0.4, 0.5) is 0 Å². The Morgan fingerprint density at radius 2 is 2.40 bits per heavy atom. The lowest BCUT2D eigenvalue weighted by molar-refractivity contribution is 1.13. The first-order valence-corrected chi connectivity index (χ1v) is 3.58. The third-order valence-corrected chi connectivity index (χ3v) is 1.65. The van der Waals surface area contributed by atoms with Crippen LogP contribution in [0.1, 0.15) is 23.9 Å². The Hall–Kier alpha value is -0.980. The molecule has 0 fully saturated rings. The van der Waals surface area contributed by atoms with Crippen LogP contribution in [0.5, 0.6) is 0 Å². The molecule has 0 spiro atoms. The molecule has 0 aromatic carbocycles. The fourth-order valence-electron chi connectivity index (χ4n) is 1.14. The number of rotatable bonds is 2. The van der Waals surface area contributed by atoms with Crippen LogP contribution < -0.4 is 0 Å². The van der Waals surface area contributed by atoms with Crippen molar-refractivity contribution in [2.75, 3.05) is 0 Å². The van der Waals surface area contributed by atoms with Crippen LogP contribution in [0.15, 0.2) is 12.6 Å². The van der Waals surface area contributed by atoms with E-state index in [9.17, 15) is 0 Å². The van der Waals surface area contributed by atoms with E-state index in [-0.39, 0.29) is 0 Å². The topological polar surface area (TPSA) is 15.8 Å². The van der Waals surface area contributed by atoms with Crippen LogP contribution in [0.25, 0.3) is 6.08 Å². The van der Waals surface area contributed by atoms with E-state index in [1.807, 2.05) is 6.08 Å². The predicted octanol–water partition coefficient (Wildman–Crippen LogP) is 2.53. The number of aromatic amines is 1. The molecule has 0 saturated heterocycles. The van der Waals surface area contributed by atoms with Gasteiger partial charge in [0, 0.05) is 11.4 Å². The van der Waals surface area contributed by atoms with Crippen LogP contribution >= 0.6 is 0 Å². The van der Waals surface area contributed by atoms with Crippen molar-refractivity contribution in [3.63, 3.8) is 0 Å². The van der Waals surface area contributed by atoms with Gasteiger partial charge < -0.3 is 4.98 Å². The SMILES string of the molecule is C=Cc1[nH]c(C)cc1CC. The second-order valence-corrected chi connectivity index (χ2v) is 2.45. The molecule has 1 aromatic heterocycles. The first-order chi connectivity index (χ1) is 4.77. The zero-order valence-electron chi connectivity index (χ0n) is 6.57. The van der Waals surface area contributed by atoms with Crippen LogP contribution in [0.3, 0.4) is 0 Å². The second-order valence-electron chi connectivity index (χ2n) is 2.45. The first kappa shape index (κ1) is 7.13. The molecule has 0 unspecified atom stereocenters. The van der Waals surface area contributed by atoms with Crippen molar-refractivity contribution in [1.29, 1.82) is 0 Å². The summed E-state index contributed by atoms with van der Waals surface area (Å²) in [6, 6.07) is 2.16. The maximum atomic E-state index is 3.72. The highest BCUT2D eigenvalue weighted by molar-refractivity contribution is 5.48. The van der Waals surface area contributed by atoms with Crippen LogP contribution in [0, 0.1) is 6.92 Å². The summed E-state index contributed by atoms with van der Waals surface area (Å²) < 4.78 is 0. The van der Waals surface area contributed by atoms with Crippen molar-refractivity contribution in [2.45, 2.75) is 20.3 Å². The fraction of sp³-hybridized carbons (Fsp3) is 0.333. The molecular weight excluding hydrogens is 122 g/mol. The summed E-state index contributed by atoms with van der Waals surface area (Å²) >= 11 is 0. The quantitative estimate of drug-likeness (QED) is 0.641. The minimum Gasteiger partial charge on any atom is -0.359 e. The Morgan fingerprint density at radius 3 is 2.80 bits per heavy atom. The molecule has 1 heteroatoms. The lowest BCUT2D eigenvalue weighted by Gasteiger charge is -1.90. The minimum absolute atomic E-state index is 1.08. The number of aryl methyl sites for hydroxylation is 2. The molecule has 0 amide bonds. The summed E-state index contributed by atoms with van der Waals surface area (Å²) in [5.41, 5.74) is 3.74. The highest BCUT2D eigenvalue weighted by atomic mass is 14.7. The third kappa shape index (κ3) is 1.13. The van der Waals surface area contributed by atoms with Crippen LogP contribution in [-0.4, -0.2) is 4.98 Å². The van der Waals surface area contributed by atoms with Crippen molar-refractivity contribution < 1.29 is 0 Å². The Morgan fingerprint density at radius 1 is 1.70 bits per heavy atom. The third-order valence-electron chi connectivity index (χ3n) is 1.65. The summed E-state index contributed by atoms with van der Waals surface area (Å²) in [6.07, 6.45) is 2.94. The molecule has 0 aliphatic heterocycles. The van der Waals surface area contributed by atoms with Gasteiger partial charge in [0.2, 0.25) is 0 Å². The molecule has 0 bridgehead atoms. The Labute approximate surface area is 61.8 Å². The number of aromatic nitrogens is 1. The molecule has 1 aromatic rings. The lowest BCUT2D eigenvalue weighted by atomic mass is 10.2. The smallest absolute Gasteiger partial charge is 0.0408 e. The molecule has 1 rings (SSSR count). The summed E-state index contributed by atoms with van der Waals surface area (Å²) in [4.78, 5) is 3.23. The van der Waals surface area contributed by atoms with Crippen LogP contribution in [0.2, 0.25) is 0 Å². The number of hydrogen-bond acceptors (Lipinski definition) is 0. The average molecular weight is 135 g/mol. The van der Waals surface area contributed by atoms with Gasteiger partial charge in [-0.2, -0.15) is 0 Å². The standard InChI is InChI=1S/C9H13N/c1-4-8-6-7(3)10-9(8)5-2/h5-6,10H,2,4H2,1,3H3. The van der Waals surface area contributed by atoms with Gasteiger partial charge in [0.05, 0.1) is 0 Å². The Bertz CT molecular complexity index is 233. The number of H-pyrrole nitrogens is 1. The van der Waals surface area contributed by atoms with E-state index in [1.165, 1.54) is 17.0 Å².